The van der Waals surface area contributed by atoms with Crippen LogP contribution in [0.1, 0.15) is 19.4 Å². The first-order valence-corrected chi connectivity index (χ1v) is 7.49. The van der Waals surface area contributed by atoms with Crippen molar-refractivity contribution in [3.8, 4) is 0 Å². The fourth-order valence-electron chi connectivity index (χ4n) is 2.09. The van der Waals surface area contributed by atoms with Gasteiger partial charge in [-0.1, -0.05) is 11.6 Å². The Morgan fingerprint density at radius 3 is 2.73 bits per heavy atom. The van der Waals surface area contributed by atoms with Crippen LogP contribution >= 0.6 is 11.6 Å². The van der Waals surface area contributed by atoms with Gasteiger partial charge in [-0.2, -0.15) is 5.10 Å². The highest BCUT2D eigenvalue weighted by Crippen LogP contribution is 2.09. The number of hydrogen-bond donors (Lipinski definition) is 2. The lowest BCUT2D eigenvalue weighted by Crippen LogP contribution is -2.44. The molecule has 2 aromatic heterocycles. The van der Waals surface area contributed by atoms with Crippen molar-refractivity contribution < 1.29 is 4.79 Å². The molecule has 2 atom stereocenters. The zero-order valence-corrected chi connectivity index (χ0v) is 13.6. The Bertz CT molecular complexity index is 625. The van der Waals surface area contributed by atoms with Crippen molar-refractivity contribution >= 4 is 23.3 Å². The van der Waals surface area contributed by atoms with Crippen molar-refractivity contribution in [1.29, 1.82) is 0 Å². The number of halogens is 1. The first-order valence-electron chi connectivity index (χ1n) is 7.11. The van der Waals surface area contributed by atoms with Gasteiger partial charge in [0.05, 0.1) is 23.8 Å². The Hall–Kier alpha value is -1.92. The average Bonchev–Trinajstić information content (AvgIpc) is 2.86. The summed E-state index contributed by atoms with van der Waals surface area (Å²) < 4.78 is 1.86. The third kappa shape index (κ3) is 4.82. The predicted molar refractivity (Wildman–Crippen MR) is 86.9 cm³/mol. The second-order valence-corrected chi connectivity index (χ2v) is 5.82. The maximum absolute atomic E-state index is 12.1. The maximum Gasteiger partial charge on any atom is 0.242 e. The highest BCUT2D eigenvalue weighted by Gasteiger charge is 2.16. The number of carbonyl (C=O) groups excluding carboxylic acids is 1. The number of nitrogens with zero attached hydrogens (tertiary/aromatic N) is 3. The lowest BCUT2D eigenvalue weighted by atomic mass is 10.2. The summed E-state index contributed by atoms with van der Waals surface area (Å²) in [5.74, 6) is 0.344. The van der Waals surface area contributed by atoms with Crippen molar-refractivity contribution in [2.75, 3.05) is 5.32 Å². The standard InChI is InChI=1S/C15H20ClN5O/c1-10-6-18-21(8-10)9-11(2)19-12(3)15(22)20-14-5-4-13(16)7-17-14/h4-8,11-12,19H,9H2,1-3H3,(H,17,20,22)/t11-,12+/m0/s1. The van der Waals surface area contributed by atoms with Crippen LogP contribution in [0.4, 0.5) is 5.82 Å². The molecule has 0 spiro atoms. The van der Waals surface area contributed by atoms with E-state index in [4.69, 9.17) is 11.6 Å². The molecule has 22 heavy (non-hydrogen) atoms. The van der Waals surface area contributed by atoms with Gasteiger partial charge < -0.3 is 10.6 Å². The van der Waals surface area contributed by atoms with E-state index in [2.05, 4.69) is 20.7 Å². The van der Waals surface area contributed by atoms with Crippen LogP contribution in [0.3, 0.4) is 0 Å². The van der Waals surface area contributed by atoms with E-state index in [1.54, 1.807) is 12.1 Å². The number of carbonyl (C=O) groups is 1. The fraction of sp³-hybridized carbons (Fsp3) is 0.400. The Morgan fingerprint density at radius 2 is 2.14 bits per heavy atom. The molecule has 0 unspecified atom stereocenters. The number of aromatic nitrogens is 3. The fourth-order valence-corrected chi connectivity index (χ4v) is 2.20. The van der Waals surface area contributed by atoms with Crippen molar-refractivity contribution in [3.63, 3.8) is 0 Å². The zero-order chi connectivity index (χ0) is 16.1. The minimum atomic E-state index is -0.343. The molecule has 0 aliphatic rings. The van der Waals surface area contributed by atoms with Crippen molar-refractivity contribution in [2.45, 2.75) is 39.4 Å². The zero-order valence-electron chi connectivity index (χ0n) is 12.9. The molecule has 118 valence electrons. The molecular formula is C15H20ClN5O. The van der Waals surface area contributed by atoms with Crippen molar-refractivity contribution in [2.24, 2.45) is 0 Å². The number of pyridine rings is 1. The topological polar surface area (TPSA) is 71.8 Å². The first-order chi connectivity index (χ1) is 10.4. The van der Waals surface area contributed by atoms with E-state index in [9.17, 15) is 4.79 Å². The molecule has 0 saturated heterocycles. The van der Waals surface area contributed by atoms with E-state index in [1.165, 1.54) is 6.20 Å². The molecule has 6 nitrogen and oxygen atoms in total. The van der Waals surface area contributed by atoms with Gasteiger partial charge in [0.15, 0.2) is 0 Å². The largest absolute Gasteiger partial charge is 0.309 e. The predicted octanol–water partition coefficient (Wildman–Crippen LogP) is 2.25. The lowest BCUT2D eigenvalue weighted by Gasteiger charge is -2.19. The Balaban J connectivity index is 1.83. The molecule has 1 amide bonds. The van der Waals surface area contributed by atoms with Crippen LogP contribution in [0.2, 0.25) is 5.02 Å². The lowest BCUT2D eigenvalue weighted by molar-refractivity contribution is -0.118. The highest BCUT2D eigenvalue weighted by atomic mass is 35.5. The summed E-state index contributed by atoms with van der Waals surface area (Å²) in [6, 6.07) is 3.12. The summed E-state index contributed by atoms with van der Waals surface area (Å²) >= 11 is 5.76. The minimum absolute atomic E-state index is 0.109. The van der Waals surface area contributed by atoms with E-state index in [1.807, 2.05) is 37.8 Å². The van der Waals surface area contributed by atoms with Crippen LogP contribution in [0.5, 0.6) is 0 Å². The number of nitrogens with one attached hydrogen (secondary N) is 2. The van der Waals surface area contributed by atoms with E-state index in [0.717, 1.165) is 5.56 Å². The van der Waals surface area contributed by atoms with Crippen LogP contribution in [0.15, 0.2) is 30.7 Å². The summed E-state index contributed by atoms with van der Waals surface area (Å²) in [5.41, 5.74) is 1.12. The SMILES string of the molecule is Cc1cnn(C[C@H](C)N[C@H](C)C(=O)Nc2ccc(Cl)cn2)c1. The first kappa shape index (κ1) is 16.5. The third-order valence-electron chi connectivity index (χ3n) is 3.13. The van der Waals surface area contributed by atoms with Crippen LogP contribution in [-0.4, -0.2) is 32.8 Å². The maximum atomic E-state index is 12.1. The quantitative estimate of drug-likeness (QED) is 0.856. The number of aryl methyl sites for hydroxylation is 1. The second-order valence-electron chi connectivity index (χ2n) is 5.38. The Labute approximate surface area is 134 Å². The van der Waals surface area contributed by atoms with Gasteiger partial charge in [0.2, 0.25) is 5.91 Å². The van der Waals surface area contributed by atoms with Gasteiger partial charge in [0, 0.05) is 18.4 Å². The molecule has 2 rings (SSSR count). The molecule has 0 fully saturated rings. The second kappa shape index (κ2) is 7.38. The molecule has 0 aliphatic carbocycles. The highest BCUT2D eigenvalue weighted by molar-refractivity contribution is 6.30. The van der Waals surface area contributed by atoms with Crippen molar-refractivity contribution in [3.05, 3.63) is 41.3 Å². The van der Waals surface area contributed by atoms with Gasteiger partial charge in [-0.25, -0.2) is 4.98 Å². The molecule has 2 aromatic rings. The number of anilines is 1. The van der Waals surface area contributed by atoms with Crippen molar-refractivity contribution in [1.82, 2.24) is 20.1 Å². The molecule has 2 heterocycles. The van der Waals surface area contributed by atoms with Gasteiger partial charge in [-0.3, -0.25) is 9.48 Å². The smallest absolute Gasteiger partial charge is 0.242 e. The Kier molecular flexibility index (Phi) is 5.51. The van der Waals surface area contributed by atoms with Gasteiger partial charge in [0.25, 0.3) is 0 Å². The van der Waals surface area contributed by atoms with E-state index in [-0.39, 0.29) is 18.0 Å². The molecule has 0 bridgehead atoms. The molecule has 0 radical (unpaired) electrons. The van der Waals surface area contributed by atoms with E-state index >= 15 is 0 Å². The van der Waals surface area contributed by atoms with Gasteiger partial charge in [-0.15, -0.1) is 0 Å². The number of rotatable bonds is 6. The van der Waals surface area contributed by atoms with Gasteiger partial charge in [0.1, 0.15) is 5.82 Å². The monoisotopic (exact) mass is 321 g/mol. The number of amides is 1. The number of hydrogen-bond acceptors (Lipinski definition) is 4. The summed E-state index contributed by atoms with van der Waals surface area (Å²) in [6.45, 7) is 6.53. The van der Waals surface area contributed by atoms with Crippen LogP contribution in [-0.2, 0) is 11.3 Å². The van der Waals surface area contributed by atoms with Crippen LogP contribution in [0, 0.1) is 6.92 Å². The third-order valence-corrected chi connectivity index (χ3v) is 3.35. The molecule has 0 saturated carbocycles. The van der Waals surface area contributed by atoms with E-state index in [0.29, 0.717) is 17.4 Å². The van der Waals surface area contributed by atoms with E-state index < -0.39 is 0 Å². The Morgan fingerprint density at radius 1 is 1.36 bits per heavy atom. The summed E-state index contributed by atoms with van der Waals surface area (Å²) in [4.78, 5) is 16.2. The summed E-state index contributed by atoms with van der Waals surface area (Å²) in [5, 5.41) is 10.8. The average molecular weight is 322 g/mol. The minimum Gasteiger partial charge on any atom is -0.309 e. The summed E-state index contributed by atoms with van der Waals surface area (Å²) in [6.07, 6.45) is 5.29. The van der Waals surface area contributed by atoms with Crippen LogP contribution in [0.25, 0.3) is 0 Å². The molecule has 2 N–H and O–H groups in total. The molecule has 0 aromatic carbocycles. The van der Waals surface area contributed by atoms with Crippen LogP contribution < -0.4 is 10.6 Å². The summed E-state index contributed by atoms with van der Waals surface area (Å²) in [7, 11) is 0. The molecule has 7 heteroatoms. The molecule has 0 aliphatic heterocycles. The van der Waals surface area contributed by atoms with Gasteiger partial charge in [-0.05, 0) is 38.5 Å². The molecular weight excluding hydrogens is 302 g/mol. The normalized spacial score (nSPS) is 13.6. The van der Waals surface area contributed by atoms with Gasteiger partial charge >= 0.3 is 0 Å².